The number of ether oxygens (including phenoxy) is 2. The van der Waals surface area contributed by atoms with Gasteiger partial charge in [-0.05, 0) is 18.4 Å². The van der Waals surface area contributed by atoms with Gasteiger partial charge in [0.2, 0.25) is 0 Å². The molecule has 5 heteroatoms. The largest absolute Gasteiger partial charge is 0.493 e. The molecule has 2 N–H and O–H groups in total. The van der Waals surface area contributed by atoms with Gasteiger partial charge in [0.15, 0.2) is 5.96 Å². The zero-order valence-electron chi connectivity index (χ0n) is 15.6. The Morgan fingerprint density at radius 3 is 2.79 bits per heavy atom. The first-order chi connectivity index (χ1) is 11.5. The Bertz CT molecular complexity index is 552. The normalized spacial score (nSPS) is 19.2. The van der Waals surface area contributed by atoms with E-state index in [4.69, 9.17) is 14.5 Å². The molecule has 2 rings (SSSR count). The molecule has 1 aliphatic heterocycles. The molecule has 1 aromatic carbocycles. The average Bonchev–Trinajstić information content (AvgIpc) is 2.54. The standard InChI is InChI=1S/C19H31N3O2/c1-6-20-18(21-13-17(23-5)19(2,3)4)22-15-11-12-24-16-10-8-7-9-14(15)16/h7-10,15,17H,6,11-13H2,1-5H3,(H2,20,21,22). The molecule has 0 aromatic heterocycles. The van der Waals surface area contributed by atoms with Gasteiger partial charge in [-0.25, -0.2) is 0 Å². The summed E-state index contributed by atoms with van der Waals surface area (Å²) in [4.78, 5) is 4.75. The smallest absolute Gasteiger partial charge is 0.191 e. The highest BCUT2D eigenvalue weighted by Gasteiger charge is 2.25. The summed E-state index contributed by atoms with van der Waals surface area (Å²) in [5.41, 5.74) is 1.24. The maximum absolute atomic E-state index is 5.74. The van der Waals surface area contributed by atoms with Crippen molar-refractivity contribution < 1.29 is 9.47 Å². The molecule has 0 bridgehead atoms. The molecule has 5 nitrogen and oxygen atoms in total. The molecule has 0 saturated heterocycles. The van der Waals surface area contributed by atoms with Gasteiger partial charge in [0.05, 0.1) is 25.3 Å². The van der Waals surface area contributed by atoms with Crippen LogP contribution in [0, 0.1) is 5.41 Å². The molecule has 2 unspecified atom stereocenters. The number of aliphatic imine (C=N–C) groups is 1. The zero-order chi connectivity index (χ0) is 17.6. The molecular formula is C19H31N3O2. The van der Waals surface area contributed by atoms with E-state index < -0.39 is 0 Å². The Hall–Kier alpha value is -1.75. The van der Waals surface area contributed by atoms with Crippen LogP contribution in [0.25, 0.3) is 0 Å². The number of guanidine groups is 1. The molecule has 1 aliphatic rings. The predicted octanol–water partition coefficient (Wildman–Crippen LogP) is 3.13. The van der Waals surface area contributed by atoms with Crippen molar-refractivity contribution in [2.24, 2.45) is 10.4 Å². The molecule has 24 heavy (non-hydrogen) atoms. The highest BCUT2D eigenvalue weighted by atomic mass is 16.5. The van der Waals surface area contributed by atoms with Gasteiger partial charge in [-0.15, -0.1) is 0 Å². The minimum Gasteiger partial charge on any atom is -0.493 e. The van der Waals surface area contributed by atoms with Crippen molar-refractivity contribution in [1.82, 2.24) is 10.6 Å². The molecule has 2 atom stereocenters. The minimum absolute atomic E-state index is 0.0564. The Kier molecular flexibility index (Phi) is 6.49. The lowest BCUT2D eigenvalue weighted by Crippen LogP contribution is -2.42. The third-order valence-electron chi connectivity index (χ3n) is 4.28. The topological polar surface area (TPSA) is 54.9 Å². The first-order valence-corrected chi connectivity index (χ1v) is 8.75. The van der Waals surface area contributed by atoms with Gasteiger partial charge in [-0.1, -0.05) is 39.0 Å². The summed E-state index contributed by atoms with van der Waals surface area (Å²) >= 11 is 0. The Balaban J connectivity index is 2.10. The number of fused-ring (bicyclic) bond motifs is 1. The van der Waals surface area contributed by atoms with E-state index in [0.717, 1.165) is 31.3 Å². The summed E-state index contributed by atoms with van der Waals surface area (Å²) in [6.45, 7) is 10.8. The van der Waals surface area contributed by atoms with Crippen molar-refractivity contribution in [2.45, 2.75) is 46.3 Å². The van der Waals surface area contributed by atoms with Gasteiger partial charge in [0, 0.05) is 25.6 Å². The summed E-state index contributed by atoms with van der Waals surface area (Å²) in [5.74, 6) is 1.78. The van der Waals surface area contributed by atoms with Crippen LogP contribution in [0.3, 0.4) is 0 Å². The number of hydrogen-bond donors (Lipinski definition) is 2. The molecule has 0 fully saturated rings. The van der Waals surface area contributed by atoms with Crippen LogP contribution in [-0.2, 0) is 4.74 Å². The molecule has 134 valence electrons. The molecule has 1 aromatic rings. The number of hydrogen-bond acceptors (Lipinski definition) is 3. The number of para-hydroxylation sites is 1. The van der Waals surface area contributed by atoms with E-state index in [1.54, 1.807) is 7.11 Å². The highest BCUT2D eigenvalue weighted by molar-refractivity contribution is 5.80. The number of benzene rings is 1. The average molecular weight is 333 g/mol. The lowest BCUT2D eigenvalue weighted by Gasteiger charge is -2.30. The lowest BCUT2D eigenvalue weighted by molar-refractivity contribution is 0.0241. The summed E-state index contributed by atoms with van der Waals surface area (Å²) in [5, 5.41) is 6.88. The second kappa shape index (κ2) is 8.38. The molecule has 0 spiro atoms. The lowest BCUT2D eigenvalue weighted by atomic mass is 9.89. The van der Waals surface area contributed by atoms with Crippen molar-refractivity contribution in [3.8, 4) is 5.75 Å². The van der Waals surface area contributed by atoms with E-state index in [9.17, 15) is 0 Å². The third-order valence-corrected chi connectivity index (χ3v) is 4.28. The van der Waals surface area contributed by atoms with E-state index in [-0.39, 0.29) is 17.6 Å². The van der Waals surface area contributed by atoms with Crippen LogP contribution in [0.15, 0.2) is 29.3 Å². The fourth-order valence-electron chi connectivity index (χ4n) is 2.85. The van der Waals surface area contributed by atoms with Gasteiger partial charge in [0.1, 0.15) is 5.75 Å². The molecule has 0 radical (unpaired) electrons. The van der Waals surface area contributed by atoms with Crippen LogP contribution < -0.4 is 15.4 Å². The SMILES string of the molecule is CCNC(=NCC(OC)C(C)(C)C)NC1CCOc2ccccc21. The minimum atomic E-state index is 0.0564. The van der Waals surface area contributed by atoms with E-state index in [1.807, 2.05) is 18.2 Å². The fraction of sp³-hybridized carbons (Fsp3) is 0.632. The maximum Gasteiger partial charge on any atom is 0.191 e. The zero-order valence-corrected chi connectivity index (χ0v) is 15.6. The number of rotatable bonds is 5. The van der Waals surface area contributed by atoms with Gasteiger partial charge in [0.25, 0.3) is 0 Å². The summed E-state index contributed by atoms with van der Waals surface area (Å²) in [6, 6.07) is 8.40. The summed E-state index contributed by atoms with van der Waals surface area (Å²) in [7, 11) is 1.75. The van der Waals surface area contributed by atoms with Crippen LogP contribution in [0.2, 0.25) is 0 Å². The Morgan fingerprint density at radius 1 is 1.38 bits per heavy atom. The molecule has 0 aliphatic carbocycles. The quantitative estimate of drug-likeness (QED) is 0.642. The summed E-state index contributed by atoms with van der Waals surface area (Å²) < 4.78 is 11.3. The first-order valence-electron chi connectivity index (χ1n) is 8.75. The summed E-state index contributed by atoms with van der Waals surface area (Å²) in [6.07, 6.45) is 1.00. The maximum atomic E-state index is 5.74. The van der Waals surface area contributed by atoms with Crippen molar-refractivity contribution in [1.29, 1.82) is 0 Å². The van der Waals surface area contributed by atoms with E-state index in [1.165, 1.54) is 5.56 Å². The van der Waals surface area contributed by atoms with Crippen LogP contribution in [0.1, 0.15) is 45.7 Å². The second-order valence-electron chi connectivity index (χ2n) is 7.18. The molecular weight excluding hydrogens is 302 g/mol. The van der Waals surface area contributed by atoms with Crippen LogP contribution in [0.5, 0.6) is 5.75 Å². The predicted molar refractivity (Wildman–Crippen MR) is 98.7 cm³/mol. The van der Waals surface area contributed by atoms with Gasteiger partial charge >= 0.3 is 0 Å². The number of nitrogens with one attached hydrogen (secondary N) is 2. The van der Waals surface area contributed by atoms with Crippen LogP contribution in [0.4, 0.5) is 0 Å². The third kappa shape index (κ3) is 4.87. The van der Waals surface area contributed by atoms with Crippen LogP contribution >= 0.6 is 0 Å². The first kappa shape index (κ1) is 18.6. The highest BCUT2D eigenvalue weighted by Crippen LogP contribution is 2.31. The van der Waals surface area contributed by atoms with Gasteiger partial charge in [-0.2, -0.15) is 0 Å². The molecule has 0 saturated carbocycles. The van der Waals surface area contributed by atoms with Crippen LogP contribution in [-0.4, -0.2) is 38.9 Å². The molecule has 0 amide bonds. The monoisotopic (exact) mass is 333 g/mol. The van der Waals surface area contributed by atoms with E-state index in [0.29, 0.717) is 6.54 Å². The van der Waals surface area contributed by atoms with Crippen molar-refractivity contribution in [3.05, 3.63) is 29.8 Å². The second-order valence-corrected chi connectivity index (χ2v) is 7.18. The van der Waals surface area contributed by atoms with Crippen molar-refractivity contribution in [2.75, 3.05) is 26.8 Å². The Labute approximate surface area is 145 Å². The van der Waals surface area contributed by atoms with Gasteiger partial charge < -0.3 is 20.1 Å². The number of nitrogens with zero attached hydrogens (tertiary/aromatic N) is 1. The van der Waals surface area contributed by atoms with Gasteiger partial charge in [-0.3, -0.25) is 4.99 Å². The fourth-order valence-corrected chi connectivity index (χ4v) is 2.85. The Morgan fingerprint density at radius 2 is 2.12 bits per heavy atom. The van der Waals surface area contributed by atoms with Crippen molar-refractivity contribution >= 4 is 5.96 Å². The molecule has 1 heterocycles. The van der Waals surface area contributed by atoms with E-state index in [2.05, 4.69) is 44.4 Å². The van der Waals surface area contributed by atoms with E-state index >= 15 is 0 Å². The van der Waals surface area contributed by atoms with Crippen molar-refractivity contribution in [3.63, 3.8) is 0 Å². The number of methoxy groups -OCH3 is 1.